The first-order chi connectivity index (χ1) is 9.20. The van der Waals surface area contributed by atoms with Crippen molar-refractivity contribution in [2.45, 2.75) is 37.5 Å². The Hall–Kier alpha value is -0.650. The van der Waals surface area contributed by atoms with Crippen molar-refractivity contribution >= 4 is 21.7 Å². The molecule has 2 heterocycles. The Labute approximate surface area is 122 Å². The fourth-order valence-electron chi connectivity index (χ4n) is 3.03. The summed E-state index contributed by atoms with van der Waals surface area (Å²) < 4.78 is 12.6. The zero-order chi connectivity index (χ0) is 13.3. The number of ether oxygens (including phenoxy) is 2. The molecule has 1 aliphatic heterocycles. The van der Waals surface area contributed by atoms with Gasteiger partial charge >= 0.3 is 0 Å². The highest BCUT2D eigenvalue weighted by Gasteiger charge is 2.41. The molecule has 1 saturated carbocycles. The summed E-state index contributed by atoms with van der Waals surface area (Å²) >= 11 is 3.57. The third kappa shape index (κ3) is 2.64. The summed E-state index contributed by atoms with van der Waals surface area (Å²) in [5.74, 6) is 0.732. The molecule has 104 valence electrons. The van der Waals surface area contributed by atoms with Crippen LogP contribution in [0.15, 0.2) is 22.8 Å². The van der Waals surface area contributed by atoms with Gasteiger partial charge in [-0.25, -0.2) is 4.98 Å². The maximum absolute atomic E-state index is 5.77. The monoisotopic (exact) mass is 326 g/mol. The summed E-state index contributed by atoms with van der Waals surface area (Å²) in [6.45, 7) is 1.48. The predicted octanol–water partition coefficient (Wildman–Crippen LogP) is 2.97. The van der Waals surface area contributed by atoms with Crippen LogP contribution in [-0.2, 0) is 9.47 Å². The molecule has 19 heavy (non-hydrogen) atoms. The molecule has 0 radical (unpaired) electrons. The highest BCUT2D eigenvalue weighted by Crippen LogP contribution is 2.38. The molecule has 1 aromatic rings. The van der Waals surface area contributed by atoms with E-state index in [0.29, 0.717) is 6.04 Å². The van der Waals surface area contributed by atoms with Gasteiger partial charge in [0, 0.05) is 32.1 Å². The lowest BCUT2D eigenvalue weighted by atomic mass is 9.89. The fourth-order valence-corrected chi connectivity index (χ4v) is 3.56. The molecule has 4 nitrogen and oxygen atoms in total. The minimum Gasteiger partial charge on any atom is -0.356 e. The van der Waals surface area contributed by atoms with Gasteiger partial charge in [0.2, 0.25) is 0 Å². The lowest BCUT2D eigenvalue weighted by Gasteiger charge is -2.39. The molecule has 1 aromatic heterocycles. The number of nitrogens with zero attached hydrogens (tertiary/aromatic N) is 2. The van der Waals surface area contributed by atoms with Crippen LogP contribution in [-0.4, -0.2) is 37.1 Å². The largest absolute Gasteiger partial charge is 0.356 e. The van der Waals surface area contributed by atoms with Crippen LogP contribution in [0.5, 0.6) is 0 Å². The number of anilines is 1. The highest BCUT2D eigenvalue weighted by molar-refractivity contribution is 9.10. The Morgan fingerprint density at radius 3 is 2.63 bits per heavy atom. The first-order valence-electron chi connectivity index (χ1n) is 6.81. The SMILES string of the molecule is CN(c1ncccc1Br)C1CCC2(CC1)OCCO2. The minimum absolute atomic E-state index is 0.279. The number of rotatable bonds is 2. The van der Waals surface area contributed by atoms with Crippen LogP contribution in [0, 0.1) is 0 Å². The molecule has 3 rings (SSSR count). The third-order valence-corrected chi connectivity index (χ3v) is 4.77. The van der Waals surface area contributed by atoms with E-state index in [1.165, 1.54) is 0 Å². The Morgan fingerprint density at radius 1 is 1.32 bits per heavy atom. The molecule has 2 aliphatic rings. The quantitative estimate of drug-likeness (QED) is 0.836. The standard InChI is InChI=1S/C14H19BrN2O2/c1-17(13-12(15)3-2-8-16-13)11-4-6-14(7-5-11)18-9-10-19-14/h2-3,8,11H,4-7,9-10H2,1H3. The number of halogens is 1. The lowest BCUT2D eigenvalue weighted by molar-refractivity contribution is -0.178. The van der Waals surface area contributed by atoms with Gasteiger partial charge in [0.25, 0.3) is 0 Å². The van der Waals surface area contributed by atoms with Gasteiger partial charge in [-0.15, -0.1) is 0 Å². The number of hydrogen-bond acceptors (Lipinski definition) is 4. The van der Waals surface area contributed by atoms with Crippen LogP contribution in [0.2, 0.25) is 0 Å². The Bertz CT molecular complexity index is 439. The molecule has 0 aromatic carbocycles. The summed E-state index contributed by atoms with van der Waals surface area (Å²) in [7, 11) is 2.12. The zero-order valence-corrected chi connectivity index (χ0v) is 12.7. The number of hydrogen-bond donors (Lipinski definition) is 0. The average Bonchev–Trinajstić information content (AvgIpc) is 2.88. The van der Waals surface area contributed by atoms with E-state index in [4.69, 9.17) is 9.47 Å². The van der Waals surface area contributed by atoms with E-state index in [1.807, 2.05) is 18.3 Å². The normalized spacial score (nSPS) is 22.8. The second-order valence-corrected chi connectivity index (χ2v) is 6.11. The Morgan fingerprint density at radius 2 is 2.00 bits per heavy atom. The van der Waals surface area contributed by atoms with Crippen LogP contribution in [0.1, 0.15) is 25.7 Å². The van der Waals surface area contributed by atoms with Crippen LogP contribution in [0.25, 0.3) is 0 Å². The van der Waals surface area contributed by atoms with Gasteiger partial charge in [0.15, 0.2) is 5.79 Å². The van der Waals surface area contributed by atoms with E-state index in [9.17, 15) is 0 Å². The van der Waals surface area contributed by atoms with Crippen molar-refractivity contribution < 1.29 is 9.47 Å². The van der Waals surface area contributed by atoms with E-state index in [1.54, 1.807) is 0 Å². The molecule has 5 heteroatoms. The van der Waals surface area contributed by atoms with Gasteiger partial charge in [0.1, 0.15) is 5.82 Å². The van der Waals surface area contributed by atoms with Crippen molar-refractivity contribution in [1.29, 1.82) is 0 Å². The van der Waals surface area contributed by atoms with Crippen molar-refractivity contribution in [1.82, 2.24) is 4.98 Å². The van der Waals surface area contributed by atoms with Gasteiger partial charge < -0.3 is 14.4 Å². The van der Waals surface area contributed by atoms with Crippen molar-refractivity contribution in [2.24, 2.45) is 0 Å². The average molecular weight is 327 g/mol. The maximum Gasteiger partial charge on any atom is 0.168 e. The molecular weight excluding hydrogens is 308 g/mol. The smallest absolute Gasteiger partial charge is 0.168 e. The van der Waals surface area contributed by atoms with Crippen LogP contribution >= 0.6 is 15.9 Å². The molecular formula is C14H19BrN2O2. The van der Waals surface area contributed by atoms with E-state index in [0.717, 1.165) is 49.2 Å². The van der Waals surface area contributed by atoms with Crippen molar-refractivity contribution in [2.75, 3.05) is 25.2 Å². The van der Waals surface area contributed by atoms with Gasteiger partial charge in [-0.1, -0.05) is 0 Å². The van der Waals surface area contributed by atoms with E-state index >= 15 is 0 Å². The topological polar surface area (TPSA) is 34.6 Å². The first kappa shape index (κ1) is 13.3. The van der Waals surface area contributed by atoms with Crippen LogP contribution < -0.4 is 4.90 Å². The predicted molar refractivity (Wildman–Crippen MR) is 77.2 cm³/mol. The van der Waals surface area contributed by atoms with E-state index in [2.05, 4.69) is 32.9 Å². The number of aromatic nitrogens is 1. The second kappa shape index (κ2) is 5.38. The fraction of sp³-hybridized carbons (Fsp3) is 0.643. The molecule has 1 aliphatic carbocycles. The third-order valence-electron chi connectivity index (χ3n) is 4.15. The maximum atomic E-state index is 5.77. The molecule has 1 saturated heterocycles. The lowest BCUT2D eigenvalue weighted by Crippen LogP contribution is -2.43. The molecule has 0 N–H and O–H groups in total. The van der Waals surface area contributed by atoms with Crippen molar-refractivity contribution in [3.8, 4) is 0 Å². The molecule has 0 bridgehead atoms. The summed E-state index contributed by atoms with van der Waals surface area (Å²) in [6, 6.07) is 4.48. The second-order valence-electron chi connectivity index (χ2n) is 5.26. The molecule has 0 amide bonds. The van der Waals surface area contributed by atoms with Gasteiger partial charge in [-0.3, -0.25) is 0 Å². The molecule has 0 atom stereocenters. The van der Waals surface area contributed by atoms with Gasteiger partial charge in [-0.2, -0.15) is 0 Å². The van der Waals surface area contributed by atoms with Gasteiger partial charge in [-0.05, 0) is 40.9 Å². The Kier molecular flexibility index (Phi) is 3.78. The van der Waals surface area contributed by atoms with E-state index < -0.39 is 0 Å². The summed E-state index contributed by atoms with van der Waals surface area (Å²) in [4.78, 5) is 6.73. The van der Waals surface area contributed by atoms with Crippen LogP contribution in [0.3, 0.4) is 0 Å². The minimum atomic E-state index is -0.279. The Balaban J connectivity index is 1.66. The van der Waals surface area contributed by atoms with Crippen LogP contribution in [0.4, 0.5) is 5.82 Å². The first-order valence-corrected chi connectivity index (χ1v) is 7.61. The van der Waals surface area contributed by atoms with Crippen molar-refractivity contribution in [3.05, 3.63) is 22.8 Å². The molecule has 0 unspecified atom stereocenters. The van der Waals surface area contributed by atoms with E-state index in [-0.39, 0.29) is 5.79 Å². The van der Waals surface area contributed by atoms with Gasteiger partial charge in [0.05, 0.1) is 17.7 Å². The number of pyridine rings is 1. The zero-order valence-electron chi connectivity index (χ0n) is 11.1. The summed E-state index contributed by atoms with van der Waals surface area (Å²) in [5, 5.41) is 0. The molecule has 1 spiro atoms. The highest BCUT2D eigenvalue weighted by atomic mass is 79.9. The van der Waals surface area contributed by atoms with Crippen molar-refractivity contribution in [3.63, 3.8) is 0 Å². The molecule has 2 fully saturated rings. The summed E-state index contributed by atoms with van der Waals surface area (Å²) in [5.41, 5.74) is 0. The summed E-state index contributed by atoms with van der Waals surface area (Å²) in [6.07, 6.45) is 5.96.